The van der Waals surface area contributed by atoms with Crippen LogP contribution in [-0.4, -0.2) is 60.8 Å². The third-order valence-electron chi connectivity index (χ3n) is 5.40. The fourth-order valence-electron chi connectivity index (χ4n) is 3.78. The molecule has 3 rings (SSSR count). The summed E-state index contributed by atoms with van der Waals surface area (Å²) in [4.78, 5) is 6.97. The smallest absolute Gasteiger partial charge is 0.191 e. The van der Waals surface area contributed by atoms with Crippen molar-refractivity contribution in [3.05, 3.63) is 0 Å². The van der Waals surface area contributed by atoms with Crippen LogP contribution in [0.5, 0.6) is 0 Å². The van der Waals surface area contributed by atoms with Gasteiger partial charge in [-0.25, -0.2) is 0 Å². The van der Waals surface area contributed by atoms with Gasteiger partial charge in [0, 0.05) is 44.7 Å². The summed E-state index contributed by atoms with van der Waals surface area (Å²) in [5.41, 5.74) is 0. The number of hydrogen-bond donors (Lipinski definition) is 3. The van der Waals surface area contributed by atoms with Crippen molar-refractivity contribution in [1.82, 2.24) is 15.5 Å². The molecule has 0 radical (unpaired) electrons. The standard InChI is InChI=1S/C16H30N4O/c1-11-9-20(13-6-7-13)10-14(11)19-16(17-2)18-8-12-4-3-5-15(12)21/h11-15,21H,3-10H2,1-2H3,(H2,17,18,19). The molecule has 0 aromatic rings. The molecule has 4 atom stereocenters. The Labute approximate surface area is 128 Å². The average Bonchev–Trinajstić information content (AvgIpc) is 3.15. The molecule has 0 spiro atoms. The Morgan fingerprint density at radius 3 is 2.67 bits per heavy atom. The number of nitrogens with one attached hydrogen (secondary N) is 2. The van der Waals surface area contributed by atoms with Crippen LogP contribution in [0.1, 0.15) is 39.0 Å². The monoisotopic (exact) mass is 294 g/mol. The van der Waals surface area contributed by atoms with Crippen LogP contribution in [0, 0.1) is 11.8 Å². The van der Waals surface area contributed by atoms with E-state index in [1.807, 2.05) is 7.05 Å². The van der Waals surface area contributed by atoms with E-state index in [0.29, 0.717) is 17.9 Å². The van der Waals surface area contributed by atoms with E-state index in [9.17, 15) is 5.11 Å². The van der Waals surface area contributed by atoms with Gasteiger partial charge in [0.25, 0.3) is 0 Å². The highest BCUT2D eigenvalue weighted by molar-refractivity contribution is 5.80. The van der Waals surface area contributed by atoms with Gasteiger partial charge < -0.3 is 15.7 Å². The maximum atomic E-state index is 9.90. The molecule has 1 saturated heterocycles. The highest BCUT2D eigenvalue weighted by atomic mass is 16.3. The molecule has 3 fully saturated rings. The Bertz CT molecular complexity index is 382. The molecule has 0 amide bonds. The highest BCUT2D eigenvalue weighted by Crippen LogP contribution is 2.31. The van der Waals surface area contributed by atoms with Crippen LogP contribution in [0.15, 0.2) is 4.99 Å². The van der Waals surface area contributed by atoms with Crippen LogP contribution in [0.4, 0.5) is 0 Å². The first-order chi connectivity index (χ1) is 10.2. The molecule has 3 aliphatic rings. The molecule has 3 N–H and O–H groups in total. The number of hydrogen-bond acceptors (Lipinski definition) is 3. The summed E-state index contributed by atoms with van der Waals surface area (Å²) in [5, 5.41) is 16.9. The third-order valence-corrected chi connectivity index (χ3v) is 5.40. The Morgan fingerprint density at radius 1 is 1.24 bits per heavy atom. The van der Waals surface area contributed by atoms with Crippen molar-refractivity contribution < 1.29 is 5.11 Å². The summed E-state index contributed by atoms with van der Waals surface area (Å²) in [6.07, 6.45) is 5.86. The Kier molecular flexibility index (Phi) is 4.69. The summed E-state index contributed by atoms with van der Waals surface area (Å²) in [6, 6.07) is 1.34. The van der Waals surface area contributed by atoms with Crippen LogP contribution in [0.25, 0.3) is 0 Å². The van der Waals surface area contributed by atoms with Gasteiger partial charge in [-0.2, -0.15) is 0 Å². The molecular formula is C16H30N4O. The molecule has 2 saturated carbocycles. The van der Waals surface area contributed by atoms with E-state index in [4.69, 9.17) is 0 Å². The second-order valence-corrected chi connectivity index (χ2v) is 7.12. The maximum absolute atomic E-state index is 9.90. The lowest BCUT2D eigenvalue weighted by Crippen LogP contribution is -2.48. The molecule has 5 nitrogen and oxygen atoms in total. The molecule has 1 aliphatic heterocycles. The lowest BCUT2D eigenvalue weighted by atomic mass is 10.1. The highest BCUT2D eigenvalue weighted by Gasteiger charge is 2.38. The van der Waals surface area contributed by atoms with Gasteiger partial charge in [0.05, 0.1) is 6.10 Å². The van der Waals surface area contributed by atoms with E-state index >= 15 is 0 Å². The molecule has 21 heavy (non-hydrogen) atoms. The van der Waals surface area contributed by atoms with Crippen LogP contribution in [0.3, 0.4) is 0 Å². The lowest BCUT2D eigenvalue weighted by Gasteiger charge is -2.22. The number of aliphatic hydroxyl groups excluding tert-OH is 1. The number of aliphatic imine (C=N–C) groups is 1. The van der Waals surface area contributed by atoms with Crippen molar-refractivity contribution >= 4 is 5.96 Å². The van der Waals surface area contributed by atoms with Crippen LogP contribution < -0.4 is 10.6 Å². The summed E-state index contributed by atoms with van der Waals surface area (Å²) in [6.45, 7) is 5.50. The minimum atomic E-state index is -0.133. The Hall–Kier alpha value is -0.810. The number of rotatable bonds is 4. The quantitative estimate of drug-likeness (QED) is 0.530. The van der Waals surface area contributed by atoms with E-state index in [1.165, 1.54) is 19.4 Å². The summed E-state index contributed by atoms with van der Waals surface area (Å²) in [7, 11) is 1.83. The number of aliphatic hydroxyl groups is 1. The minimum Gasteiger partial charge on any atom is -0.393 e. The van der Waals surface area contributed by atoms with Crippen LogP contribution >= 0.6 is 0 Å². The molecule has 5 heteroatoms. The predicted molar refractivity (Wildman–Crippen MR) is 85.4 cm³/mol. The fraction of sp³-hybridized carbons (Fsp3) is 0.938. The van der Waals surface area contributed by atoms with Gasteiger partial charge in [-0.15, -0.1) is 0 Å². The van der Waals surface area contributed by atoms with Crippen LogP contribution in [-0.2, 0) is 0 Å². The van der Waals surface area contributed by atoms with E-state index in [0.717, 1.165) is 44.4 Å². The molecule has 4 unspecified atom stereocenters. The van der Waals surface area contributed by atoms with Crippen molar-refractivity contribution in [1.29, 1.82) is 0 Å². The molecule has 0 aromatic carbocycles. The van der Waals surface area contributed by atoms with E-state index in [1.54, 1.807) is 0 Å². The molecule has 0 bridgehead atoms. The Balaban J connectivity index is 1.45. The van der Waals surface area contributed by atoms with Gasteiger partial charge in [0.15, 0.2) is 5.96 Å². The third kappa shape index (κ3) is 3.69. The molecule has 120 valence electrons. The second kappa shape index (κ2) is 6.53. The fourth-order valence-corrected chi connectivity index (χ4v) is 3.78. The topological polar surface area (TPSA) is 59.9 Å². The van der Waals surface area contributed by atoms with Crippen molar-refractivity contribution in [2.75, 3.05) is 26.7 Å². The van der Waals surface area contributed by atoms with Gasteiger partial charge in [-0.1, -0.05) is 13.3 Å². The van der Waals surface area contributed by atoms with Crippen molar-refractivity contribution in [3.8, 4) is 0 Å². The molecular weight excluding hydrogens is 264 g/mol. The first-order valence-corrected chi connectivity index (χ1v) is 8.56. The van der Waals surface area contributed by atoms with Crippen molar-refractivity contribution in [2.45, 2.75) is 57.2 Å². The van der Waals surface area contributed by atoms with Gasteiger partial charge in [0.1, 0.15) is 0 Å². The minimum absolute atomic E-state index is 0.133. The molecule has 0 aromatic heterocycles. The van der Waals surface area contributed by atoms with Crippen LogP contribution in [0.2, 0.25) is 0 Å². The average molecular weight is 294 g/mol. The zero-order valence-electron chi connectivity index (χ0n) is 13.4. The van der Waals surface area contributed by atoms with Gasteiger partial charge in [-0.05, 0) is 31.6 Å². The lowest BCUT2D eigenvalue weighted by molar-refractivity contribution is 0.134. The molecule has 1 heterocycles. The van der Waals surface area contributed by atoms with E-state index in [2.05, 4.69) is 27.4 Å². The Morgan fingerprint density at radius 2 is 2.05 bits per heavy atom. The summed E-state index contributed by atoms with van der Waals surface area (Å²) >= 11 is 0. The number of likely N-dealkylation sites (tertiary alicyclic amines) is 1. The first kappa shape index (κ1) is 15.1. The van der Waals surface area contributed by atoms with Crippen molar-refractivity contribution in [3.63, 3.8) is 0 Å². The van der Waals surface area contributed by atoms with Crippen molar-refractivity contribution in [2.24, 2.45) is 16.8 Å². The number of nitrogens with zero attached hydrogens (tertiary/aromatic N) is 2. The second-order valence-electron chi connectivity index (χ2n) is 7.12. The van der Waals surface area contributed by atoms with Gasteiger partial charge in [0.2, 0.25) is 0 Å². The SMILES string of the molecule is CN=C(NCC1CCCC1O)NC1CN(C2CC2)CC1C. The first-order valence-electron chi connectivity index (χ1n) is 8.56. The van der Waals surface area contributed by atoms with E-state index < -0.39 is 0 Å². The largest absolute Gasteiger partial charge is 0.393 e. The summed E-state index contributed by atoms with van der Waals surface area (Å²) < 4.78 is 0. The van der Waals surface area contributed by atoms with Gasteiger partial charge in [-0.3, -0.25) is 9.89 Å². The zero-order valence-corrected chi connectivity index (χ0v) is 13.4. The predicted octanol–water partition coefficient (Wildman–Crippen LogP) is 0.795. The summed E-state index contributed by atoms with van der Waals surface area (Å²) in [5.74, 6) is 1.94. The zero-order chi connectivity index (χ0) is 14.8. The van der Waals surface area contributed by atoms with Gasteiger partial charge >= 0.3 is 0 Å². The number of guanidine groups is 1. The van der Waals surface area contributed by atoms with E-state index in [-0.39, 0.29) is 6.10 Å². The molecule has 2 aliphatic carbocycles. The maximum Gasteiger partial charge on any atom is 0.191 e. The normalized spacial score (nSPS) is 38.0.